The van der Waals surface area contributed by atoms with E-state index in [4.69, 9.17) is 5.73 Å². The fraction of sp³-hybridized carbons (Fsp3) is 0.462. The lowest BCUT2D eigenvalue weighted by molar-refractivity contribution is 0.1000. The van der Waals surface area contributed by atoms with Crippen LogP contribution in [0.4, 0.5) is 0 Å². The van der Waals surface area contributed by atoms with Crippen LogP contribution in [0.15, 0.2) is 24.3 Å². The first kappa shape index (κ1) is 15.0. The molecule has 1 saturated heterocycles. The fourth-order valence-electron chi connectivity index (χ4n) is 2.26. The van der Waals surface area contributed by atoms with Gasteiger partial charge < -0.3 is 11.1 Å². The van der Waals surface area contributed by atoms with E-state index >= 15 is 0 Å². The number of likely N-dealkylation sites (N-methyl/N-ethyl adjacent to an activating group) is 1. The molecule has 1 aromatic carbocycles. The van der Waals surface area contributed by atoms with Crippen LogP contribution in [0.3, 0.4) is 0 Å². The summed E-state index contributed by atoms with van der Waals surface area (Å²) in [6.07, 6.45) is 1.19. The van der Waals surface area contributed by atoms with Crippen LogP contribution in [0.5, 0.6) is 0 Å². The zero-order valence-corrected chi connectivity index (χ0v) is 11.4. The van der Waals surface area contributed by atoms with Gasteiger partial charge in [-0.2, -0.15) is 0 Å². The van der Waals surface area contributed by atoms with Gasteiger partial charge >= 0.3 is 0 Å². The van der Waals surface area contributed by atoms with Gasteiger partial charge in [0.15, 0.2) is 0 Å². The van der Waals surface area contributed by atoms with Gasteiger partial charge in [-0.25, -0.2) is 0 Å². The lowest BCUT2D eigenvalue weighted by Gasteiger charge is -2.23. The van der Waals surface area contributed by atoms with E-state index in [1.54, 1.807) is 6.07 Å². The Kier molecular flexibility index (Phi) is 5.59. The molecule has 0 saturated carbocycles. The molecule has 1 aromatic rings. The van der Waals surface area contributed by atoms with Crippen molar-refractivity contribution >= 4 is 18.3 Å². The normalized spacial score (nSPS) is 18.7. The van der Waals surface area contributed by atoms with Crippen LogP contribution in [-0.2, 0) is 6.54 Å². The highest BCUT2D eigenvalue weighted by atomic mass is 35.5. The Morgan fingerprint density at radius 2 is 2.33 bits per heavy atom. The lowest BCUT2D eigenvalue weighted by atomic mass is 10.1. The van der Waals surface area contributed by atoms with Crippen molar-refractivity contribution in [3.63, 3.8) is 0 Å². The summed E-state index contributed by atoms with van der Waals surface area (Å²) in [7, 11) is 2.12. The molecule has 1 aliphatic heterocycles. The summed E-state index contributed by atoms with van der Waals surface area (Å²) in [6, 6.07) is 8.14. The quantitative estimate of drug-likeness (QED) is 0.857. The number of carbonyl (C=O) groups is 1. The molecule has 2 rings (SSSR count). The summed E-state index contributed by atoms with van der Waals surface area (Å²) in [5, 5.41) is 3.35. The van der Waals surface area contributed by atoms with E-state index in [0.29, 0.717) is 11.6 Å². The van der Waals surface area contributed by atoms with Crippen LogP contribution in [0.25, 0.3) is 0 Å². The van der Waals surface area contributed by atoms with Crippen LogP contribution >= 0.6 is 12.4 Å². The number of hydrogen-bond donors (Lipinski definition) is 2. The third-order valence-electron chi connectivity index (χ3n) is 3.30. The van der Waals surface area contributed by atoms with Crippen molar-refractivity contribution in [3.05, 3.63) is 35.4 Å². The van der Waals surface area contributed by atoms with Gasteiger partial charge in [0.1, 0.15) is 0 Å². The molecule has 1 aliphatic rings. The highest BCUT2D eigenvalue weighted by Crippen LogP contribution is 2.12. The number of carbonyl (C=O) groups excluding carboxylic acids is 1. The van der Waals surface area contributed by atoms with E-state index < -0.39 is 0 Å². The highest BCUT2D eigenvalue weighted by Gasteiger charge is 2.19. The van der Waals surface area contributed by atoms with Crippen molar-refractivity contribution in [2.75, 3.05) is 20.1 Å². The molecule has 0 aromatic heterocycles. The van der Waals surface area contributed by atoms with E-state index in [2.05, 4.69) is 17.3 Å². The number of rotatable bonds is 4. The minimum Gasteiger partial charge on any atom is -0.366 e. The van der Waals surface area contributed by atoms with E-state index in [0.717, 1.165) is 25.2 Å². The molecular formula is C13H20ClN3O. The Hall–Kier alpha value is -1.10. The Labute approximate surface area is 114 Å². The molecule has 1 fully saturated rings. The minimum atomic E-state index is -0.364. The van der Waals surface area contributed by atoms with Gasteiger partial charge in [-0.3, -0.25) is 9.69 Å². The maximum atomic E-state index is 11.1. The Morgan fingerprint density at radius 1 is 1.56 bits per heavy atom. The molecule has 100 valence electrons. The lowest BCUT2D eigenvalue weighted by Crippen LogP contribution is -2.32. The number of hydrogen-bond acceptors (Lipinski definition) is 3. The molecule has 0 aliphatic carbocycles. The summed E-state index contributed by atoms with van der Waals surface area (Å²) in [5.74, 6) is -0.364. The van der Waals surface area contributed by atoms with Crippen molar-refractivity contribution in [3.8, 4) is 0 Å². The maximum absolute atomic E-state index is 11.1. The molecule has 0 bridgehead atoms. The first-order chi connectivity index (χ1) is 8.16. The average molecular weight is 270 g/mol. The Balaban J connectivity index is 0.00000162. The van der Waals surface area contributed by atoms with Gasteiger partial charge in [0.05, 0.1) is 0 Å². The first-order valence-corrected chi connectivity index (χ1v) is 5.96. The Bertz CT molecular complexity index is 405. The molecule has 18 heavy (non-hydrogen) atoms. The van der Waals surface area contributed by atoms with Crippen molar-refractivity contribution in [2.24, 2.45) is 5.73 Å². The summed E-state index contributed by atoms with van der Waals surface area (Å²) in [5.41, 5.74) is 6.99. The molecule has 3 N–H and O–H groups in total. The topological polar surface area (TPSA) is 58.4 Å². The maximum Gasteiger partial charge on any atom is 0.248 e. The summed E-state index contributed by atoms with van der Waals surface area (Å²) in [4.78, 5) is 13.4. The van der Waals surface area contributed by atoms with Crippen molar-refractivity contribution in [1.82, 2.24) is 10.2 Å². The minimum absolute atomic E-state index is 0. The third-order valence-corrected chi connectivity index (χ3v) is 3.30. The van der Waals surface area contributed by atoms with Gasteiger partial charge in [0, 0.05) is 24.7 Å². The zero-order chi connectivity index (χ0) is 12.3. The van der Waals surface area contributed by atoms with Gasteiger partial charge in [-0.1, -0.05) is 12.1 Å². The number of benzene rings is 1. The molecule has 1 unspecified atom stereocenters. The van der Waals surface area contributed by atoms with Gasteiger partial charge in [0.2, 0.25) is 5.91 Å². The molecule has 0 spiro atoms. The molecule has 1 heterocycles. The number of primary amides is 1. The standard InChI is InChI=1S/C13H19N3O.ClH/c1-16(12-5-6-15-8-12)9-10-3-2-4-11(7-10)13(14)17;/h2-4,7,12,15H,5-6,8-9H2,1H3,(H2,14,17);1H. The molecule has 5 heteroatoms. The molecule has 1 amide bonds. The van der Waals surface area contributed by atoms with Crippen molar-refractivity contribution in [2.45, 2.75) is 19.0 Å². The first-order valence-electron chi connectivity index (χ1n) is 5.96. The Morgan fingerprint density at radius 3 is 2.94 bits per heavy atom. The second kappa shape index (κ2) is 6.73. The van der Waals surface area contributed by atoms with E-state index in [-0.39, 0.29) is 18.3 Å². The number of nitrogens with one attached hydrogen (secondary N) is 1. The highest BCUT2D eigenvalue weighted by molar-refractivity contribution is 5.92. The fourth-order valence-corrected chi connectivity index (χ4v) is 2.26. The van der Waals surface area contributed by atoms with Crippen LogP contribution in [0.1, 0.15) is 22.3 Å². The molecule has 4 nitrogen and oxygen atoms in total. The van der Waals surface area contributed by atoms with Gasteiger partial charge in [-0.05, 0) is 37.7 Å². The number of halogens is 1. The second-order valence-electron chi connectivity index (χ2n) is 4.63. The predicted octanol–water partition coefficient (Wildman–Crippen LogP) is 1.00. The zero-order valence-electron chi connectivity index (χ0n) is 10.6. The number of nitrogens with zero attached hydrogens (tertiary/aromatic N) is 1. The number of nitrogens with two attached hydrogens (primary N) is 1. The summed E-state index contributed by atoms with van der Waals surface area (Å²) >= 11 is 0. The monoisotopic (exact) mass is 269 g/mol. The molecular weight excluding hydrogens is 250 g/mol. The van der Waals surface area contributed by atoms with Crippen LogP contribution in [0.2, 0.25) is 0 Å². The van der Waals surface area contributed by atoms with E-state index in [1.807, 2.05) is 18.2 Å². The van der Waals surface area contributed by atoms with Gasteiger partial charge in [0.25, 0.3) is 0 Å². The molecule has 0 radical (unpaired) electrons. The predicted molar refractivity (Wildman–Crippen MR) is 74.9 cm³/mol. The summed E-state index contributed by atoms with van der Waals surface area (Å²) in [6.45, 7) is 3.00. The van der Waals surface area contributed by atoms with Crippen molar-refractivity contribution in [1.29, 1.82) is 0 Å². The smallest absolute Gasteiger partial charge is 0.248 e. The average Bonchev–Trinajstić information content (AvgIpc) is 2.82. The van der Waals surface area contributed by atoms with Crippen molar-refractivity contribution < 1.29 is 4.79 Å². The third kappa shape index (κ3) is 3.70. The van der Waals surface area contributed by atoms with Gasteiger partial charge in [-0.15, -0.1) is 12.4 Å². The molecule has 1 atom stereocenters. The summed E-state index contributed by atoms with van der Waals surface area (Å²) < 4.78 is 0. The van der Waals surface area contributed by atoms with Crippen LogP contribution in [-0.4, -0.2) is 37.0 Å². The van der Waals surface area contributed by atoms with Crippen LogP contribution in [0, 0.1) is 0 Å². The van der Waals surface area contributed by atoms with Crippen LogP contribution < -0.4 is 11.1 Å². The number of amides is 1. The van der Waals surface area contributed by atoms with E-state index in [9.17, 15) is 4.79 Å². The largest absolute Gasteiger partial charge is 0.366 e. The van der Waals surface area contributed by atoms with E-state index in [1.165, 1.54) is 6.42 Å². The second-order valence-corrected chi connectivity index (χ2v) is 4.63. The SMILES string of the molecule is CN(Cc1cccc(C(N)=O)c1)C1CCNC1.Cl.